The molecular weight excluding hydrogens is 320 g/mol. The Balaban J connectivity index is 0.000000187. The molecular formula is C24H40O2. The Labute approximate surface area is 161 Å². The summed E-state index contributed by atoms with van der Waals surface area (Å²) in [7, 11) is 0. The van der Waals surface area contributed by atoms with E-state index in [9.17, 15) is 0 Å². The van der Waals surface area contributed by atoms with Crippen molar-refractivity contribution in [2.24, 2.45) is 0 Å². The summed E-state index contributed by atoms with van der Waals surface area (Å²) < 4.78 is 10.9. The fraction of sp³-hybridized carbons (Fsp3) is 0.750. The first kappa shape index (κ1) is 21.4. The number of hydrogen-bond acceptors (Lipinski definition) is 2. The SMILES string of the molecule is CCCCCCCC1COCCO1.CCCCCCCc1cc2ccc1=2. The van der Waals surface area contributed by atoms with Crippen molar-refractivity contribution in [3.05, 3.63) is 34.2 Å². The van der Waals surface area contributed by atoms with Crippen LogP contribution in [0, 0.1) is 10.4 Å². The summed E-state index contributed by atoms with van der Waals surface area (Å²) in [5.41, 5.74) is 1.61. The molecule has 26 heavy (non-hydrogen) atoms. The van der Waals surface area contributed by atoms with Gasteiger partial charge in [-0.1, -0.05) is 89.8 Å². The van der Waals surface area contributed by atoms with Gasteiger partial charge in [0, 0.05) is 0 Å². The molecule has 1 heterocycles. The van der Waals surface area contributed by atoms with Crippen molar-refractivity contribution in [3.63, 3.8) is 0 Å². The van der Waals surface area contributed by atoms with Crippen molar-refractivity contribution in [1.29, 1.82) is 0 Å². The number of rotatable bonds is 12. The molecule has 0 bridgehead atoms. The molecule has 0 spiro atoms. The number of aryl methyl sites for hydroxylation is 1. The average molecular weight is 361 g/mol. The van der Waals surface area contributed by atoms with Gasteiger partial charge in [-0.15, -0.1) is 0 Å². The highest BCUT2D eigenvalue weighted by Crippen LogP contribution is 2.18. The predicted octanol–water partition coefficient (Wildman–Crippen LogP) is 6.56. The van der Waals surface area contributed by atoms with E-state index >= 15 is 0 Å². The molecule has 3 rings (SSSR count). The molecule has 148 valence electrons. The second-order valence-corrected chi connectivity index (χ2v) is 7.81. The Bertz CT molecular complexity index is 560. The van der Waals surface area contributed by atoms with Crippen LogP contribution < -0.4 is 0 Å². The topological polar surface area (TPSA) is 18.5 Å². The highest BCUT2D eigenvalue weighted by atomic mass is 16.6. The molecule has 0 aromatic heterocycles. The number of hydrogen-bond donors (Lipinski definition) is 0. The Morgan fingerprint density at radius 3 is 2.12 bits per heavy atom. The van der Waals surface area contributed by atoms with Gasteiger partial charge >= 0.3 is 0 Å². The molecule has 2 nitrogen and oxygen atoms in total. The van der Waals surface area contributed by atoms with Crippen LogP contribution in [0.25, 0.3) is 0 Å². The Morgan fingerprint density at radius 2 is 1.58 bits per heavy atom. The smallest absolute Gasteiger partial charge is 0.0809 e. The molecule has 1 unspecified atom stereocenters. The van der Waals surface area contributed by atoms with Gasteiger partial charge in [0.1, 0.15) is 0 Å². The monoisotopic (exact) mass is 360 g/mol. The van der Waals surface area contributed by atoms with E-state index in [4.69, 9.17) is 9.47 Å². The molecule has 0 N–H and O–H groups in total. The van der Waals surface area contributed by atoms with Crippen molar-refractivity contribution >= 4 is 0 Å². The van der Waals surface area contributed by atoms with Crippen LogP contribution in [-0.4, -0.2) is 25.9 Å². The van der Waals surface area contributed by atoms with E-state index in [1.165, 1.54) is 82.3 Å². The van der Waals surface area contributed by atoms with Crippen LogP contribution in [0.4, 0.5) is 0 Å². The summed E-state index contributed by atoms with van der Waals surface area (Å²) in [5.74, 6) is 0. The van der Waals surface area contributed by atoms with E-state index in [0.717, 1.165) is 19.8 Å². The fourth-order valence-corrected chi connectivity index (χ4v) is 3.67. The van der Waals surface area contributed by atoms with Crippen LogP contribution in [0.5, 0.6) is 0 Å². The van der Waals surface area contributed by atoms with E-state index in [-0.39, 0.29) is 0 Å². The molecule has 1 atom stereocenters. The molecule has 1 fully saturated rings. The maximum absolute atomic E-state index is 5.56. The highest BCUT2D eigenvalue weighted by Gasteiger charge is 2.12. The lowest BCUT2D eigenvalue weighted by Gasteiger charge is -2.22. The summed E-state index contributed by atoms with van der Waals surface area (Å²) in [6.45, 7) is 6.91. The van der Waals surface area contributed by atoms with E-state index in [0.29, 0.717) is 6.10 Å². The standard InChI is InChI=1S/C13H18.C11H22O2/c1-2-3-4-5-6-7-11-10-12-8-9-13(11)12;1-2-3-4-5-6-7-11-10-12-8-9-13-11/h8-10H,2-7H2,1H3;11H,2-10H2,1H3. The Kier molecular flexibility index (Phi) is 11.0. The van der Waals surface area contributed by atoms with Gasteiger partial charge in [-0.05, 0) is 35.3 Å². The first-order chi connectivity index (χ1) is 12.8. The first-order valence-corrected chi connectivity index (χ1v) is 11.2. The van der Waals surface area contributed by atoms with Gasteiger partial charge in [0.05, 0.1) is 25.9 Å². The largest absolute Gasteiger partial charge is 0.376 e. The molecule has 0 amide bonds. The van der Waals surface area contributed by atoms with Crippen LogP contribution in [-0.2, 0) is 15.9 Å². The van der Waals surface area contributed by atoms with Crippen LogP contribution in [0.3, 0.4) is 0 Å². The van der Waals surface area contributed by atoms with Gasteiger partial charge in [-0.3, -0.25) is 0 Å². The van der Waals surface area contributed by atoms with Crippen molar-refractivity contribution in [3.8, 4) is 0 Å². The lowest BCUT2D eigenvalue weighted by atomic mass is 9.94. The highest BCUT2D eigenvalue weighted by molar-refractivity contribution is 5.33. The van der Waals surface area contributed by atoms with Gasteiger partial charge < -0.3 is 9.47 Å². The van der Waals surface area contributed by atoms with E-state index < -0.39 is 0 Å². The van der Waals surface area contributed by atoms with Crippen molar-refractivity contribution in [2.75, 3.05) is 19.8 Å². The minimum absolute atomic E-state index is 0.385. The molecule has 3 aliphatic rings. The summed E-state index contributed by atoms with van der Waals surface area (Å²) in [6.07, 6.45) is 16.6. The minimum atomic E-state index is 0.385. The zero-order chi connectivity index (χ0) is 18.5. The van der Waals surface area contributed by atoms with E-state index in [1.807, 2.05) is 0 Å². The minimum Gasteiger partial charge on any atom is -0.376 e. The van der Waals surface area contributed by atoms with E-state index in [2.05, 4.69) is 32.0 Å². The van der Waals surface area contributed by atoms with Crippen LogP contribution >= 0.6 is 0 Å². The zero-order valence-electron chi connectivity index (χ0n) is 17.2. The van der Waals surface area contributed by atoms with Crippen molar-refractivity contribution < 1.29 is 9.47 Å². The van der Waals surface area contributed by atoms with Gasteiger partial charge in [0.2, 0.25) is 0 Å². The third kappa shape index (κ3) is 7.80. The Morgan fingerprint density at radius 1 is 0.846 bits per heavy atom. The summed E-state index contributed by atoms with van der Waals surface area (Å²) >= 11 is 0. The summed E-state index contributed by atoms with van der Waals surface area (Å²) in [4.78, 5) is 0. The van der Waals surface area contributed by atoms with Gasteiger partial charge in [-0.25, -0.2) is 0 Å². The molecule has 0 saturated carbocycles. The molecule has 1 saturated heterocycles. The van der Waals surface area contributed by atoms with Gasteiger partial charge in [0.25, 0.3) is 0 Å². The maximum Gasteiger partial charge on any atom is 0.0809 e. The summed E-state index contributed by atoms with van der Waals surface area (Å²) in [5, 5.41) is 3.04. The fourth-order valence-electron chi connectivity index (χ4n) is 3.67. The van der Waals surface area contributed by atoms with E-state index in [1.54, 1.807) is 10.8 Å². The Hall–Kier alpha value is -0.860. The van der Waals surface area contributed by atoms with Gasteiger partial charge in [0.15, 0.2) is 0 Å². The third-order valence-electron chi connectivity index (χ3n) is 5.48. The van der Waals surface area contributed by atoms with Gasteiger partial charge in [-0.2, -0.15) is 0 Å². The molecule has 2 aliphatic carbocycles. The molecule has 0 radical (unpaired) electrons. The molecule has 0 aromatic carbocycles. The first-order valence-electron chi connectivity index (χ1n) is 11.2. The molecule has 0 aromatic rings. The number of ether oxygens (including phenoxy) is 2. The normalized spacial score (nSPS) is 17.5. The van der Waals surface area contributed by atoms with Crippen LogP contribution in [0.1, 0.15) is 90.0 Å². The van der Waals surface area contributed by atoms with Crippen molar-refractivity contribution in [1.82, 2.24) is 0 Å². The van der Waals surface area contributed by atoms with Crippen LogP contribution in [0.2, 0.25) is 0 Å². The number of benzene rings is 1. The average Bonchev–Trinajstić information content (AvgIpc) is 2.66. The lowest BCUT2D eigenvalue weighted by molar-refractivity contribution is -0.0912. The summed E-state index contributed by atoms with van der Waals surface area (Å²) in [6, 6.07) is 6.79. The second-order valence-electron chi connectivity index (χ2n) is 7.81. The van der Waals surface area contributed by atoms with Crippen LogP contribution in [0.15, 0.2) is 18.2 Å². The molecule has 1 aliphatic heterocycles. The van der Waals surface area contributed by atoms with Crippen molar-refractivity contribution in [2.45, 2.75) is 97.0 Å². The predicted molar refractivity (Wildman–Crippen MR) is 111 cm³/mol. The quantitative estimate of drug-likeness (QED) is 0.399. The number of unbranched alkanes of at least 4 members (excludes halogenated alkanes) is 8. The zero-order valence-corrected chi connectivity index (χ0v) is 17.2. The molecule has 2 heteroatoms. The maximum atomic E-state index is 5.56. The second kappa shape index (κ2) is 13.3. The lowest BCUT2D eigenvalue weighted by Crippen LogP contribution is -2.28. The third-order valence-corrected chi connectivity index (χ3v) is 5.48.